The SMILES string of the molecule is CC(C)(O)[C@H]1[C@H](C(=O)Nc2ccc(Cl)cc2)[C@@H]1C(=O)Nc1ccc(-n2ccccc2=O)cc1F. The number of pyridine rings is 1. The van der Waals surface area contributed by atoms with Crippen molar-refractivity contribution in [1.29, 1.82) is 0 Å². The summed E-state index contributed by atoms with van der Waals surface area (Å²) in [5.74, 6) is -4.01. The van der Waals surface area contributed by atoms with Gasteiger partial charge in [0.1, 0.15) is 5.82 Å². The Labute approximate surface area is 200 Å². The summed E-state index contributed by atoms with van der Waals surface area (Å²) in [5.41, 5.74) is -0.897. The number of rotatable bonds is 6. The molecule has 0 aliphatic heterocycles. The van der Waals surface area contributed by atoms with Gasteiger partial charge in [-0.15, -0.1) is 0 Å². The second-order valence-electron chi connectivity index (χ2n) is 8.79. The third kappa shape index (κ3) is 4.88. The molecule has 1 aliphatic rings. The van der Waals surface area contributed by atoms with Crippen LogP contribution >= 0.6 is 11.6 Å². The molecule has 1 heterocycles. The molecule has 0 saturated heterocycles. The van der Waals surface area contributed by atoms with Gasteiger partial charge < -0.3 is 15.7 Å². The molecule has 1 saturated carbocycles. The first-order valence-corrected chi connectivity index (χ1v) is 11.0. The van der Waals surface area contributed by atoms with E-state index in [2.05, 4.69) is 10.6 Å². The molecule has 9 heteroatoms. The van der Waals surface area contributed by atoms with Gasteiger partial charge in [-0.05, 0) is 56.3 Å². The minimum absolute atomic E-state index is 0.0871. The topological polar surface area (TPSA) is 100 Å². The van der Waals surface area contributed by atoms with E-state index in [1.165, 1.54) is 42.8 Å². The van der Waals surface area contributed by atoms with E-state index in [0.29, 0.717) is 16.4 Å². The standard InChI is InChI=1S/C25H23ClFN3O4/c1-25(2,34)22-20(23(32)28-15-8-6-14(26)7-9-15)21(22)24(33)29-18-11-10-16(13-17(18)27)30-12-4-3-5-19(30)31/h3-13,20-22,34H,1-2H3,(H,28,32)(H,29,33)/t20-,21+,22+/m1/s1. The van der Waals surface area contributed by atoms with Crippen molar-refractivity contribution in [2.24, 2.45) is 17.8 Å². The zero-order valence-corrected chi connectivity index (χ0v) is 19.2. The van der Waals surface area contributed by atoms with Crippen molar-refractivity contribution >= 4 is 34.8 Å². The maximum Gasteiger partial charge on any atom is 0.255 e. The van der Waals surface area contributed by atoms with Gasteiger partial charge >= 0.3 is 0 Å². The van der Waals surface area contributed by atoms with E-state index in [4.69, 9.17) is 11.6 Å². The molecular weight excluding hydrogens is 461 g/mol. The van der Waals surface area contributed by atoms with Crippen LogP contribution in [-0.4, -0.2) is 27.1 Å². The number of aromatic nitrogens is 1. The van der Waals surface area contributed by atoms with Crippen molar-refractivity contribution < 1.29 is 19.1 Å². The first-order valence-electron chi connectivity index (χ1n) is 10.6. The Bertz CT molecular complexity index is 1300. The van der Waals surface area contributed by atoms with Crippen LogP contribution in [0.1, 0.15) is 13.8 Å². The van der Waals surface area contributed by atoms with Crippen LogP contribution in [-0.2, 0) is 9.59 Å². The van der Waals surface area contributed by atoms with Crippen LogP contribution in [0, 0.1) is 23.6 Å². The van der Waals surface area contributed by atoms with Crippen LogP contribution in [0.25, 0.3) is 5.69 Å². The van der Waals surface area contributed by atoms with Gasteiger partial charge in [0.2, 0.25) is 11.8 Å². The van der Waals surface area contributed by atoms with E-state index in [0.717, 1.165) is 6.07 Å². The number of hydrogen-bond acceptors (Lipinski definition) is 4. The van der Waals surface area contributed by atoms with E-state index >= 15 is 0 Å². The highest BCUT2D eigenvalue weighted by atomic mass is 35.5. The van der Waals surface area contributed by atoms with E-state index in [-0.39, 0.29) is 11.2 Å². The fourth-order valence-corrected chi connectivity index (χ4v) is 4.34. The van der Waals surface area contributed by atoms with Gasteiger partial charge in [0.25, 0.3) is 5.56 Å². The lowest BCUT2D eigenvalue weighted by Crippen LogP contribution is -2.27. The second-order valence-corrected chi connectivity index (χ2v) is 9.23. The molecule has 2 amide bonds. The predicted octanol–water partition coefficient (Wildman–Crippen LogP) is 3.84. The molecule has 176 valence electrons. The molecule has 1 fully saturated rings. The molecule has 7 nitrogen and oxygen atoms in total. The molecule has 3 aromatic rings. The summed E-state index contributed by atoms with van der Waals surface area (Å²) in [6.07, 6.45) is 1.51. The smallest absolute Gasteiger partial charge is 0.255 e. The van der Waals surface area contributed by atoms with Gasteiger partial charge in [-0.2, -0.15) is 0 Å². The van der Waals surface area contributed by atoms with Gasteiger partial charge in [0.15, 0.2) is 0 Å². The molecule has 0 unspecified atom stereocenters. The predicted molar refractivity (Wildman–Crippen MR) is 127 cm³/mol. The lowest BCUT2D eigenvalue weighted by Gasteiger charge is -2.17. The maximum absolute atomic E-state index is 14.7. The molecule has 4 rings (SSSR count). The molecule has 34 heavy (non-hydrogen) atoms. The number of anilines is 2. The highest BCUT2D eigenvalue weighted by Gasteiger charge is 2.64. The Morgan fingerprint density at radius 1 is 1.00 bits per heavy atom. The molecule has 0 spiro atoms. The molecule has 1 aromatic heterocycles. The van der Waals surface area contributed by atoms with Crippen LogP contribution < -0.4 is 16.2 Å². The molecule has 2 aromatic carbocycles. The van der Waals surface area contributed by atoms with Crippen molar-refractivity contribution in [2.45, 2.75) is 19.4 Å². The lowest BCUT2D eigenvalue weighted by atomic mass is 10.0. The number of carbonyl (C=O) groups is 2. The second kappa shape index (κ2) is 9.04. The van der Waals surface area contributed by atoms with Crippen molar-refractivity contribution in [3.05, 3.63) is 88.1 Å². The number of carbonyl (C=O) groups excluding carboxylic acids is 2. The minimum atomic E-state index is -1.30. The van der Waals surface area contributed by atoms with Gasteiger partial charge in [-0.1, -0.05) is 17.7 Å². The number of amides is 2. The van der Waals surface area contributed by atoms with E-state index in [1.807, 2.05) is 0 Å². The Morgan fingerprint density at radius 3 is 2.24 bits per heavy atom. The van der Waals surface area contributed by atoms with Crippen LogP contribution in [0.3, 0.4) is 0 Å². The fourth-order valence-electron chi connectivity index (χ4n) is 4.21. The van der Waals surface area contributed by atoms with Crippen molar-refractivity contribution in [1.82, 2.24) is 4.57 Å². The highest BCUT2D eigenvalue weighted by molar-refractivity contribution is 6.30. The lowest BCUT2D eigenvalue weighted by molar-refractivity contribution is -0.122. The third-order valence-corrected chi connectivity index (χ3v) is 6.12. The average Bonchev–Trinajstić information content (AvgIpc) is 3.54. The maximum atomic E-state index is 14.7. The van der Waals surface area contributed by atoms with Crippen molar-refractivity contribution in [3.8, 4) is 5.69 Å². The molecular formula is C25H23ClFN3O4. The zero-order valence-electron chi connectivity index (χ0n) is 18.5. The molecule has 1 aliphatic carbocycles. The summed E-state index contributed by atoms with van der Waals surface area (Å²) < 4.78 is 16.0. The largest absolute Gasteiger partial charge is 0.390 e. The Balaban J connectivity index is 1.51. The number of aliphatic hydroxyl groups is 1. The summed E-state index contributed by atoms with van der Waals surface area (Å²) in [7, 11) is 0. The summed E-state index contributed by atoms with van der Waals surface area (Å²) in [6.45, 7) is 3.06. The minimum Gasteiger partial charge on any atom is -0.390 e. The number of nitrogens with zero attached hydrogens (tertiary/aromatic N) is 1. The molecule has 3 N–H and O–H groups in total. The zero-order chi connectivity index (χ0) is 24.6. The van der Waals surface area contributed by atoms with Crippen molar-refractivity contribution in [2.75, 3.05) is 10.6 Å². The Kier molecular flexibility index (Phi) is 6.29. The monoisotopic (exact) mass is 483 g/mol. The molecule has 3 atom stereocenters. The quantitative estimate of drug-likeness (QED) is 0.496. The van der Waals surface area contributed by atoms with Gasteiger partial charge in [0.05, 0.1) is 28.8 Å². The number of nitrogens with one attached hydrogen (secondary N) is 2. The van der Waals surface area contributed by atoms with E-state index in [9.17, 15) is 23.9 Å². The van der Waals surface area contributed by atoms with Crippen LogP contribution in [0.5, 0.6) is 0 Å². The summed E-state index contributed by atoms with van der Waals surface area (Å²) in [5, 5.41) is 16.3. The summed E-state index contributed by atoms with van der Waals surface area (Å²) in [6, 6.07) is 15.1. The van der Waals surface area contributed by atoms with Gasteiger partial charge in [-0.3, -0.25) is 19.0 Å². The van der Waals surface area contributed by atoms with Gasteiger partial charge in [0, 0.05) is 35.0 Å². The average molecular weight is 484 g/mol. The first kappa shape index (κ1) is 23.7. The Morgan fingerprint density at radius 2 is 1.65 bits per heavy atom. The fraction of sp³-hybridized carbons (Fsp3) is 0.240. The number of halogens is 2. The van der Waals surface area contributed by atoms with Crippen molar-refractivity contribution in [3.63, 3.8) is 0 Å². The van der Waals surface area contributed by atoms with Crippen LogP contribution in [0.2, 0.25) is 5.02 Å². The normalized spacial score (nSPS) is 19.4. The Hall–Kier alpha value is -3.49. The summed E-state index contributed by atoms with van der Waals surface area (Å²) >= 11 is 5.87. The first-order chi connectivity index (χ1) is 16.1. The number of benzene rings is 2. The molecule has 0 bridgehead atoms. The van der Waals surface area contributed by atoms with Gasteiger partial charge in [-0.25, -0.2) is 4.39 Å². The summed E-state index contributed by atoms with van der Waals surface area (Å²) in [4.78, 5) is 37.8. The van der Waals surface area contributed by atoms with Crippen LogP contribution in [0.15, 0.2) is 71.7 Å². The van der Waals surface area contributed by atoms with E-state index in [1.54, 1.807) is 36.4 Å². The number of hydrogen-bond donors (Lipinski definition) is 3. The highest BCUT2D eigenvalue weighted by Crippen LogP contribution is 2.53. The molecule has 0 radical (unpaired) electrons. The van der Waals surface area contributed by atoms with E-state index < -0.39 is 41.0 Å². The van der Waals surface area contributed by atoms with Crippen LogP contribution in [0.4, 0.5) is 15.8 Å². The third-order valence-electron chi connectivity index (χ3n) is 5.86.